The summed E-state index contributed by atoms with van der Waals surface area (Å²) in [7, 11) is 0. The van der Waals surface area contributed by atoms with E-state index in [2.05, 4.69) is 21.2 Å². The Kier molecular flexibility index (Phi) is 5.58. The minimum atomic E-state index is -1.14. The number of halogens is 1. The van der Waals surface area contributed by atoms with E-state index in [4.69, 9.17) is 10.2 Å². The molecule has 9 heteroatoms. The number of hydrogen-bond donors (Lipinski definition) is 3. The summed E-state index contributed by atoms with van der Waals surface area (Å²) in [5.41, 5.74) is 5.79. The SMILES string of the molecule is CC(C)(C)N(C(=O)O)c1cccc(C(=O)Nc2c(C(N)=O)oc3ccc(Br)cc23)c1. The fraction of sp³-hybridized carbons (Fsp3) is 0.190. The number of furan rings is 1. The first-order valence-corrected chi connectivity index (χ1v) is 9.75. The van der Waals surface area contributed by atoms with Gasteiger partial charge in [-0.15, -0.1) is 0 Å². The molecular weight excluding hydrogens is 454 g/mol. The number of carboxylic acid groups (broad SMARTS) is 1. The number of amides is 3. The molecule has 1 aromatic heterocycles. The first-order chi connectivity index (χ1) is 14.0. The lowest BCUT2D eigenvalue weighted by Crippen LogP contribution is -2.45. The Morgan fingerprint density at radius 1 is 1.13 bits per heavy atom. The third-order valence-corrected chi connectivity index (χ3v) is 4.83. The van der Waals surface area contributed by atoms with Gasteiger partial charge in [0.1, 0.15) is 11.3 Å². The van der Waals surface area contributed by atoms with Crippen molar-refractivity contribution in [1.29, 1.82) is 0 Å². The predicted octanol–water partition coefficient (Wildman–Crippen LogP) is 4.83. The van der Waals surface area contributed by atoms with Gasteiger partial charge in [-0.25, -0.2) is 4.79 Å². The Labute approximate surface area is 180 Å². The molecule has 0 radical (unpaired) electrons. The number of nitrogens with two attached hydrogens (primary N) is 1. The number of nitrogens with zero attached hydrogens (tertiary/aromatic N) is 1. The number of nitrogens with one attached hydrogen (secondary N) is 1. The molecule has 4 N–H and O–H groups in total. The molecule has 0 fully saturated rings. The summed E-state index contributed by atoms with van der Waals surface area (Å²) in [5.74, 6) is -1.54. The normalized spacial score (nSPS) is 11.3. The van der Waals surface area contributed by atoms with Gasteiger partial charge < -0.3 is 20.6 Å². The van der Waals surface area contributed by atoms with E-state index in [0.717, 1.165) is 4.47 Å². The van der Waals surface area contributed by atoms with E-state index >= 15 is 0 Å². The summed E-state index contributed by atoms with van der Waals surface area (Å²) in [6, 6.07) is 11.3. The zero-order valence-electron chi connectivity index (χ0n) is 16.5. The molecule has 0 atom stereocenters. The summed E-state index contributed by atoms with van der Waals surface area (Å²) in [4.78, 5) is 37.7. The van der Waals surface area contributed by atoms with Crippen molar-refractivity contribution in [3.63, 3.8) is 0 Å². The van der Waals surface area contributed by atoms with Crippen LogP contribution in [0.5, 0.6) is 0 Å². The second kappa shape index (κ2) is 7.83. The standard InChI is InChI=1S/C21H20BrN3O5/c1-21(2,3)25(20(28)29)13-6-4-5-11(9-13)19(27)24-16-14-10-12(22)7-8-15(14)30-17(16)18(23)26/h4-10H,1-3H3,(H2,23,26)(H,24,27)(H,28,29). The van der Waals surface area contributed by atoms with Crippen LogP contribution in [0, 0.1) is 0 Å². The molecule has 1 heterocycles. The number of carbonyl (C=O) groups is 3. The number of anilines is 2. The second-order valence-electron chi connectivity index (χ2n) is 7.60. The summed E-state index contributed by atoms with van der Waals surface area (Å²) in [6.45, 7) is 5.26. The van der Waals surface area contributed by atoms with Crippen molar-refractivity contribution in [2.75, 3.05) is 10.2 Å². The lowest BCUT2D eigenvalue weighted by atomic mass is 10.0. The Morgan fingerprint density at radius 3 is 2.43 bits per heavy atom. The summed E-state index contributed by atoms with van der Waals surface area (Å²) in [6.07, 6.45) is -1.14. The molecule has 0 saturated carbocycles. The minimum absolute atomic E-state index is 0.153. The van der Waals surface area contributed by atoms with Gasteiger partial charge in [-0.2, -0.15) is 0 Å². The molecule has 3 aromatic rings. The van der Waals surface area contributed by atoms with Gasteiger partial charge in [-0.3, -0.25) is 14.5 Å². The first-order valence-electron chi connectivity index (χ1n) is 8.95. The van der Waals surface area contributed by atoms with Crippen molar-refractivity contribution >= 4 is 56.2 Å². The number of benzene rings is 2. The van der Waals surface area contributed by atoms with E-state index < -0.39 is 23.4 Å². The average Bonchev–Trinajstić information content (AvgIpc) is 2.98. The van der Waals surface area contributed by atoms with Crippen molar-refractivity contribution in [3.8, 4) is 0 Å². The smallest absolute Gasteiger partial charge is 0.412 e. The van der Waals surface area contributed by atoms with Crippen molar-refractivity contribution < 1.29 is 23.9 Å². The Hall–Kier alpha value is -3.33. The quantitative estimate of drug-likeness (QED) is 0.500. The van der Waals surface area contributed by atoms with E-state index in [1.807, 2.05) is 0 Å². The monoisotopic (exact) mass is 473 g/mol. The summed E-state index contributed by atoms with van der Waals surface area (Å²) in [5, 5.41) is 12.8. The number of primary amides is 1. The molecule has 0 unspecified atom stereocenters. The van der Waals surface area contributed by atoms with Gasteiger partial charge in [-0.05, 0) is 57.2 Å². The van der Waals surface area contributed by atoms with Gasteiger partial charge in [0.05, 0.1) is 0 Å². The van der Waals surface area contributed by atoms with Crippen molar-refractivity contribution in [2.45, 2.75) is 26.3 Å². The highest BCUT2D eigenvalue weighted by molar-refractivity contribution is 9.10. The van der Waals surface area contributed by atoms with Crippen LogP contribution in [-0.4, -0.2) is 28.6 Å². The molecule has 30 heavy (non-hydrogen) atoms. The molecule has 8 nitrogen and oxygen atoms in total. The number of fused-ring (bicyclic) bond motifs is 1. The van der Waals surface area contributed by atoms with Gasteiger partial charge in [-0.1, -0.05) is 22.0 Å². The van der Waals surface area contributed by atoms with Crippen molar-refractivity contribution in [1.82, 2.24) is 0 Å². The molecular formula is C21H20BrN3O5. The van der Waals surface area contributed by atoms with Crippen LogP contribution in [0.3, 0.4) is 0 Å². The molecule has 2 aromatic carbocycles. The van der Waals surface area contributed by atoms with Crippen LogP contribution >= 0.6 is 15.9 Å². The van der Waals surface area contributed by atoms with Gasteiger partial charge in [0.25, 0.3) is 11.8 Å². The zero-order chi connectivity index (χ0) is 22.2. The number of hydrogen-bond acceptors (Lipinski definition) is 4. The molecule has 0 saturated heterocycles. The summed E-state index contributed by atoms with van der Waals surface area (Å²) >= 11 is 3.35. The van der Waals surface area contributed by atoms with E-state index in [1.54, 1.807) is 57.2 Å². The van der Waals surface area contributed by atoms with Crippen LogP contribution in [0.15, 0.2) is 51.4 Å². The Morgan fingerprint density at radius 2 is 1.83 bits per heavy atom. The molecule has 0 aliphatic rings. The minimum Gasteiger partial charge on any atom is -0.465 e. The highest BCUT2D eigenvalue weighted by atomic mass is 79.9. The third-order valence-electron chi connectivity index (χ3n) is 4.34. The fourth-order valence-electron chi connectivity index (χ4n) is 3.12. The van der Waals surface area contributed by atoms with Crippen LogP contribution in [0.2, 0.25) is 0 Å². The lowest BCUT2D eigenvalue weighted by Gasteiger charge is -2.33. The van der Waals surface area contributed by atoms with Crippen LogP contribution in [0.25, 0.3) is 11.0 Å². The molecule has 0 spiro atoms. The van der Waals surface area contributed by atoms with E-state index in [0.29, 0.717) is 16.7 Å². The average molecular weight is 474 g/mol. The Balaban J connectivity index is 2.02. The van der Waals surface area contributed by atoms with E-state index in [1.165, 1.54) is 11.0 Å². The van der Waals surface area contributed by atoms with E-state index in [9.17, 15) is 19.5 Å². The molecule has 0 aliphatic heterocycles. The lowest BCUT2D eigenvalue weighted by molar-refractivity contribution is 0.0977. The van der Waals surface area contributed by atoms with Crippen LogP contribution < -0.4 is 16.0 Å². The maximum absolute atomic E-state index is 12.9. The molecule has 3 amide bonds. The van der Waals surface area contributed by atoms with Crippen LogP contribution in [0.1, 0.15) is 41.7 Å². The topological polar surface area (TPSA) is 126 Å². The highest BCUT2D eigenvalue weighted by Crippen LogP contribution is 2.33. The largest absolute Gasteiger partial charge is 0.465 e. The van der Waals surface area contributed by atoms with Gasteiger partial charge in [0.15, 0.2) is 0 Å². The summed E-state index contributed by atoms with van der Waals surface area (Å²) < 4.78 is 6.22. The molecule has 3 rings (SSSR count). The van der Waals surface area contributed by atoms with Crippen LogP contribution in [0.4, 0.5) is 16.2 Å². The van der Waals surface area contributed by atoms with Crippen molar-refractivity contribution in [3.05, 3.63) is 58.3 Å². The maximum Gasteiger partial charge on any atom is 0.412 e. The van der Waals surface area contributed by atoms with Crippen molar-refractivity contribution in [2.24, 2.45) is 5.73 Å². The first kappa shape index (κ1) is 21.4. The van der Waals surface area contributed by atoms with Gasteiger partial charge in [0.2, 0.25) is 5.76 Å². The number of rotatable bonds is 4. The zero-order valence-corrected chi connectivity index (χ0v) is 18.1. The Bertz CT molecular complexity index is 1160. The van der Waals surface area contributed by atoms with Gasteiger partial charge >= 0.3 is 6.09 Å². The fourth-order valence-corrected chi connectivity index (χ4v) is 3.49. The molecule has 0 bridgehead atoms. The van der Waals surface area contributed by atoms with Gasteiger partial charge in [0, 0.05) is 26.6 Å². The van der Waals surface area contributed by atoms with E-state index in [-0.39, 0.29) is 17.0 Å². The highest BCUT2D eigenvalue weighted by Gasteiger charge is 2.28. The predicted molar refractivity (Wildman–Crippen MR) is 117 cm³/mol. The third kappa shape index (κ3) is 4.16. The maximum atomic E-state index is 12.9. The van der Waals surface area contributed by atoms with Crippen LogP contribution in [-0.2, 0) is 0 Å². The molecule has 156 valence electrons. The molecule has 0 aliphatic carbocycles. The number of carbonyl (C=O) groups excluding carboxylic acids is 2. The second-order valence-corrected chi connectivity index (χ2v) is 8.52.